The minimum Gasteiger partial charge on any atom is -0.465 e. The molecule has 1 aliphatic heterocycles. The smallest absolute Gasteiger partial charge is 0.337 e. The lowest BCUT2D eigenvalue weighted by Gasteiger charge is -2.27. The fourth-order valence-electron chi connectivity index (χ4n) is 4.63. The number of rotatable bonds is 8. The highest BCUT2D eigenvalue weighted by Crippen LogP contribution is 2.28. The predicted molar refractivity (Wildman–Crippen MR) is 126 cm³/mol. The highest BCUT2D eigenvalue weighted by Gasteiger charge is 2.15. The molecule has 0 bridgehead atoms. The average molecular weight is 420 g/mol. The van der Waals surface area contributed by atoms with Crippen LogP contribution in [0.3, 0.4) is 0 Å². The SMILES string of the molecule is COC(=O)c1ccc(Cc2c(C)n(CCCCN3CCNCC3)c3ccccc23)cc1. The predicted octanol–water partition coefficient (Wildman–Crippen LogP) is 4.01. The van der Waals surface area contributed by atoms with Gasteiger partial charge in [-0.05, 0) is 62.1 Å². The molecule has 0 radical (unpaired) electrons. The standard InChI is InChI=1S/C26H33N3O2/c1-20-24(19-21-9-11-22(12-10-21)26(30)31-2)23-7-3-4-8-25(23)29(20)16-6-5-15-28-17-13-27-14-18-28/h3-4,7-12,27H,5-6,13-19H2,1-2H3. The van der Waals surface area contributed by atoms with Crippen molar-refractivity contribution >= 4 is 16.9 Å². The molecule has 164 valence electrons. The first-order valence-corrected chi connectivity index (χ1v) is 11.3. The lowest BCUT2D eigenvalue weighted by molar-refractivity contribution is 0.0600. The molecule has 0 aliphatic carbocycles. The summed E-state index contributed by atoms with van der Waals surface area (Å²) in [6.45, 7) is 9.07. The summed E-state index contributed by atoms with van der Waals surface area (Å²) in [7, 11) is 1.41. The van der Waals surface area contributed by atoms with Crippen LogP contribution in [0.5, 0.6) is 0 Å². The third-order valence-corrected chi connectivity index (χ3v) is 6.43. The van der Waals surface area contributed by atoms with E-state index in [1.807, 2.05) is 24.3 Å². The van der Waals surface area contributed by atoms with Gasteiger partial charge in [-0.2, -0.15) is 0 Å². The first-order valence-electron chi connectivity index (χ1n) is 11.3. The zero-order valence-corrected chi connectivity index (χ0v) is 18.7. The Morgan fingerprint density at radius 3 is 2.45 bits per heavy atom. The number of esters is 1. The van der Waals surface area contributed by atoms with Gasteiger partial charge in [-0.25, -0.2) is 4.79 Å². The molecule has 2 heterocycles. The number of hydrogen-bond donors (Lipinski definition) is 1. The second-order valence-electron chi connectivity index (χ2n) is 8.40. The maximum absolute atomic E-state index is 11.7. The van der Waals surface area contributed by atoms with Crippen molar-refractivity contribution in [3.63, 3.8) is 0 Å². The van der Waals surface area contributed by atoms with Crippen molar-refractivity contribution in [3.8, 4) is 0 Å². The molecule has 31 heavy (non-hydrogen) atoms. The van der Waals surface area contributed by atoms with Crippen molar-refractivity contribution in [1.29, 1.82) is 0 Å². The number of para-hydroxylation sites is 1. The third-order valence-electron chi connectivity index (χ3n) is 6.43. The van der Waals surface area contributed by atoms with E-state index in [1.165, 1.54) is 67.3 Å². The fourth-order valence-corrected chi connectivity index (χ4v) is 4.63. The van der Waals surface area contributed by atoms with Crippen molar-refractivity contribution < 1.29 is 9.53 Å². The maximum atomic E-state index is 11.7. The molecule has 1 saturated heterocycles. The van der Waals surface area contributed by atoms with E-state index in [1.54, 1.807) is 0 Å². The maximum Gasteiger partial charge on any atom is 0.337 e. The third kappa shape index (κ3) is 5.00. The van der Waals surface area contributed by atoms with Gasteiger partial charge in [0, 0.05) is 49.3 Å². The molecule has 1 N–H and O–H groups in total. The Labute approximate surface area is 185 Å². The van der Waals surface area contributed by atoms with Gasteiger partial charge in [-0.3, -0.25) is 0 Å². The number of carbonyl (C=O) groups is 1. The Balaban J connectivity index is 1.47. The molecule has 5 heteroatoms. The number of unbranched alkanes of at least 4 members (excludes halogenated alkanes) is 1. The number of hydrogen-bond acceptors (Lipinski definition) is 4. The minimum atomic E-state index is -0.292. The minimum absolute atomic E-state index is 0.292. The zero-order chi connectivity index (χ0) is 21.6. The monoisotopic (exact) mass is 419 g/mol. The summed E-state index contributed by atoms with van der Waals surface area (Å²) < 4.78 is 7.30. The van der Waals surface area contributed by atoms with Gasteiger partial charge in [0.1, 0.15) is 0 Å². The molecule has 0 saturated carbocycles. The van der Waals surface area contributed by atoms with Gasteiger partial charge < -0.3 is 19.5 Å². The molecule has 0 unspecified atom stereocenters. The molecular weight excluding hydrogens is 386 g/mol. The number of piperazine rings is 1. The van der Waals surface area contributed by atoms with E-state index in [4.69, 9.17) is 4.74 Å². The van der Waals surface area contributed by atoms with Crippen LogP contribution in [0.1, 0.15) is 40.0 Å². The van der Waals surface area contributed by atoms with Crippen LogP contribution in [-0.4, -0.2) is 55.3 Å². The Kier molecular flexibility index (Phi) is 7.05. The number of nitrogens with one attached hydrogen (secondary N) is 1. The van der Waals surface area contributed by atoms with E-state index in [2.05, 4.69) is 46.0 Å². The van der Waals surface area contributed by atoms with Crippen molar-refractivity contribution in [2.24, 2.45) is 0 Å². The number of aryl methyl sites for hydroxylation is 1. The van der Waals surface area contributed by atoms with Gasteiger partial charge in [0.05, 0.1) is 12.7 Å². The van der Waals surface area contributed by atoms with Crippen LogP contribution in [0.15, 0.2) is 48.5 Å². The summed E-state index contributed by atoms with van der Waals surface area (Å²) in [4.78, 5) is 14.3. The molecule has 0 amide bonds. The molecular formula is C26H33N3O2. The summed E-state index contributed by atoms with van der Waals surface area (Å²) in [5.41, 5.74) is 5.85. The quantitative estimate of drug-likeness (QED) is 0.443. The van der Waals surface area contributed by atoms with E-state index in [9.17, 15) is 4.79 Å². The second kappa shape index (κ2) is 10.1. The summed E-state index contributed by atoms with van der Waals surface area (Å²) in [5.74, 6) is -0.292. The summed E-state index contributed by atoms with van der Waals surface area (Å²) in [6.07, 6.45) is 3.29. The Morgan fingerprint density at radius 2 is 1.71 bits per heavy atom. The Hall–Kier alpha value is -2.63. The second-order valence-corrected chi connectivity index (χ2v) is 8.40. The lowest BCUT2D eigenvalue weighted by atomic mass is 10.0. The van der Waals surface area contributed by atoms with Crippen LogP contribution in [0.2, 0.25) is 0 Å². The summed E-state index contributed by atoms with van der Waals surface area (Å²) in [5, 5.41) is 4.76. The van der Waals surface area contributed by atoms with Gasteiger partial charge in [-0.1, -0.05) is 30.3 Å². The molecule has 1 fully saturated rings. The normalized spacial score (nSPS) is 14.8. The van der Waals surface area contributed by atoms with Crippen LogP contribution >= 0.6 is 0 Å². The van der Waals surface area contributed by atoms with E-state index >= 15 is 0 Å². The van der Waals surface area contributed by atoms with Crippen LogP contribution in [0.4, 0.5) is 0 Å². The fraction of sp³-hybridized carbons (Fsp3) is 0.423. The van der Waals surface area contributed by atoms with E-state index in [0.717, 1.165) is 26.1 Å². The van der Waals surface area contributed by atoms with Crippen molar-refractivity contribution in [2.45, 2.75) is 32.7 Å². The first kappa shape index (κ1) is 21.6. The number of carbonyl (C=O) groups excluding carboxylic acids is 1. The molecule has 3 aromatic rings. The van der Waals surface area contributed by atoms with Crippen molar-refractivity contribution in [1.82, 2.24) is 14.8 Å². The van der Waals surface area contributed by atoms with Gasteiger partial charge in [-0.15, -0.1) is 0 Å². The summed E-state index contributed by atoms with van der Waals surface area (Å²) in [6, 6.07) is 16.5. The van der Waals surface area contributed by atoms with Crippen LogP contribution < -0.4 is 5.32 Å². The van der Waals surface area contributed by atoms with Crippen molar-refractivity contribution in [2.75, 3.05) is 39.8 Å². The topological polar surface area (TPSA) is 46.5 Å². The number of aromatic nitrogens is 1. The molecule has 2 aromatic carbocycles. The van der Waals surface area contributed by atoms with Crippen LogP contribution in [0, 0.1) is 6.92 Å². The van der Waals surface area contributed by atoms with Gasteiger partial charge in [0.25, 0.3) is 0 Å². The van der Waals surface area contributed by atoms with Gasteiger partial charge in [0.2, 0.25) is 0 Å². The molecule has 5 nitrogen and oxygen atoms in total. The number of benzene rings is 2. The van der Waals surface area contributed by atoms with Crippen LogP contribution in [0.25, 0.3) is 10.9 Å². The average Bonchev–Trinajstić information content (AvgIpc) is 3.08. The molecule has 0 spiro atoms. The highest BCUT2D eigenvalue weighted by atomic mass is 16.5. The van der Waals surface area contributed by atoms with Gasteiger partial charge >= 0.3 is 5.97 Å². The summed E-state index contributed by atoms with van der Waals surface area (Å²) >= 11 is 0. The van der Waals surface area contributed by atoms with Gasteiger partial charge in [0.15, 0.2) is 0 Å². The molecule has 0 atom stereocenters. The lowest BCUT2D eigenvalue weighted by Crippen LogP contribution is -2.43. The Bertz CT molecular complexity index is 1020. The Morgan fingerprint density at radius 1 is 1.00 bits per heavy atom. The van der Waals surface area contributed by atoms with E-state index in [0.29, 0.717) is 5.56 Å². The van der Waals surface area contributed by atoms with E-state index in [-0.39, 0.29) is 5.97 Å². The zero-order valence-electron chi connectivity index (χ0n) is 18.7. The number of fused-ring (bicyclic) bond motifs is 1. The highest BCUT2D eigenvalue weighted by molar-refractivity contribution is 5.89. The van der Waals surface area contributed by atoms with E-state index < -0.39 is 0 Å². The molecule has 1 aromatic heterocycles. The molecule has 4 rings (SSSR count). The number of nitrogens with zero attached hydrogens (tertiary/aromatic N) is 2. The number of methoxy groups -OCH3 is 1. The first-order chi connectivity index (χ1) is 15.2. The number of ether oxygens (including phenoxy) is 1. The van der Waals surface area contributed by atoms with Crippen LogP contribution in [-0.2, 0) is 17.7 Å². The van der Waals surface area contributed by atoms with Crippen molar-refractivity contribution in [3.05, 3.63) is 70.9 Å². The largest absolute Gasteiger partial charge is 0.465 e. The molecule has 1 aliphatic rings.